The van der Waals surface area contributed by atoms with Crippen LogP contribution in [0, 0.1) is 0 Å². The molecule has 0 aliphatic heterocycles. The number of esters is 1. The molecule has 0 fully saturated rings. The highest BCUT2D eigenvalue weighted by Crippen LogP contribution is 2.08. The van der Waals surface area contributed by atoms with Crippen LogP contribution in [0.3, 0.4) is 0 Å². The lowest BCUT2D eigenvalue weighted by molar-refractivity contribution is -0.176. The maximum absolute atomic E-state index is 11.4. The molecule has 1 aliphatic carbocycles. The lowest BCUT2D eigenvalue weighted by Crippen LogP contribution is -2.42. The van der Waals surface area contributed by atoms with E-state index < -0.39 is 41.7 Å². The Morgan fingerprint density at radius 2 is 1.68 bits per heavy atom. The van der Waals surface area contributed by atoms with Gasteiger partial charge in [0, 0.05) is 6.08 Å². The molecule has 3 N–H and O–H groups in total. The number of aliphatic carboxylic acids is 2. The number of carboxylic acid groups (broad SMARTS) is 2. The van der Waals surface area contributed by atoms with Crippen molar-refractivity contribution in [1.82, 2.24) is 0 Å². The third-order valence-corrected chi connectivity index (χ3v) is 2.41. The zero-order valence-electron chi connectivity index (χ0n) is 10.8. The lowest BCUT2D eigenvalue weighted by atomic mass is 10.0. The number of aliphatic hydroxyl groups is 1. The third-order valence-electron chi connectivity index (χ3n) is 2.41. The van der Waals surface area contributed by atoms with Gasteiger partial charge >= 0.3 is 17.9 Å². The number of carbonyl (C=O) groups excluding carboxylic acids is 3. The summed E-state index contributed by atoms with van der Waals surface area (Å²) >= 11 is 0. The van der Waals surface area contributed by atoms with Crippen molar-refractivity contribution in [2.75, 3.05) is 0 Å². The van der Waals surface area contributed by atoms with Gasteiger partial charge in [0.25, 0.3) is 0 Å². The summed E-state index contributed by atoms with van der Waals surface area (Å²) in [6.07, 6.45) is 0.262. The zero-order valence-corrected chi connectivity index (χ0v) is 10.8. The van der Waals surface area contributed by atoms with Crippen molar-refractivity contribution in [2.24, 2.45) is 0 Å². The van der Waals surface area contributed by atoms with Gasteiger partial charge in [-0.25, -0.2) is 14.4 Å². The van der Waals surface area contributed by atoms with E-state index in [1.807, 2.05) is 0 Å². The van der Waals surface area contributed by atoms with Gasteiger partial charge in [-0.3, -0.25) is 9.59 Å². The van der Waals surface area contributed by atoms with Crippen molar-refractivity contribution in [3.05, 3.63) is 36.0 Å². The van der Waals surface area contributed by atoms with Crippen molar-refractivity contribution in [2.45, 2.75) is 12.2 Å². The predicted octanol–water partition coefficient (Wildman–Crippen LogP) is -1.38. The van der Waals surface area contributed by atoms with E-state index in [0.29, 0.717) is 0 Å². The first-order valence-electron chi connectivity index (χ1n) is 5.73. The average molecular weight is 310 g/mol. The molecule has 0 radical (unpaired) electrons. The monoisotopic (exact) mass is 310 g/mol. The molecule has 9 heteroatoms. The molecule has 0 amide bonds. The molecule has 22 heavy (non-hydrogen) atoms. The molecule has 0 unspecified atom stereocenters. The predicted molar refractivity (Wildman–Crippen MR) is 67.5 cm³/mol. The molecule has 116 valence electrons. The van der Waals surface area contributed by atoms with Crippen LogP contribution in [0.15, 0.2) is 36.0 Å². The summed E-state index contributed by atoms with van der Waals surface area (Å²) in [5, 5.41) is 26.3. The molecule has 1 rings (SSSR count). The Balaban J connectivity index is 2.74. The Hall–Kier alpha value is -3.07. The molecule has 0 spiro atoms. The van der Waals surface area contributed by atoms with Gasteiger partial charge < -0.3 is 20.1 Å². The Morgan fingerprint density at radius 3 is 2.18 bits per heavy atom. The van der Waals surface area contributed by atoms with Crippen LogP contribution in [-0.4, -0.2) is 57.0 Å². The number of carbonyl (C=O) groups is 5. The first-order chi connectivity index (χ1) is 10.2. The lowest BCUT2D eigenvalue weighted by Gasteiger charge is -2.15. The van der Waals surface area contributed by atoms with Gasteiger partial charge in [0.05, 0.1) is 0 Å². The molecule has 0 aromatic heterocycles. The Morgan fingerprint density at radius 1 is 1.05 bits per heavy atom. The quantitative estimate of drug-likeness (QED) is 0.233. The van der Waals surface area contributed by atoms with Gasteiger partial charge in [0.15, 0.2) is 6.10 Å². The third kappa shape index (κ3) is 4.49. The number of ether oxygens (including phenoxy) is 1. The van der Waals surface area contributed by atoms with Crippen LogP contribution in [0.5, 0.6) is 0 Å². The van der Waals surface area contributed by atoms with Gasteiger partial charge in [-0.1, -0.05) is 6.08 Å². The van der Waals surface area contributed by atoms with Gasteiger partial charge in [0.1, 0.15) is 0 Å². The first-order valence-corrected chi connectivity index (χ1v) is 5.73. The van der Waals surface area contributed by atoms with Gasteiger partial charge in [-0.15, -0.1) is 0 Å². The number of carboxylic acids is 2. The molecule has 0 heterocycles. The molecule has 9 nitrogen and oxygen atoms in total. The van der Waals surface area contributed by atoms with Crippen molar-refractivity contribution in [3.63, 3.8) is 0 Å². The molecule has 0 saturated heterocycles. The first kappa shape index (κ1) is 17.0. The number of hydrogen-bond donors (Lipinski definition) is 3. The summed E-state index contributed by atoms with van der Waals surface area (Å²) < 4.78 is 4.31. The van der Waals surface area contributed by atoms with Crippen LogP contribution in [0.25, 0.3) is 0 Å². The minimum atomic E-state index is -2.43. The highest BCUT2D eigenvalue weighted by molar-refractivity contribution is 6.46. The number of hydrogen-bond acceptors (Lipinski definition) is 7. The highest BCUT2D eigenvalue weighted by Gasteiger charge is 2.35. The Bertz CT molecular complexity index is 623. The molecular formula is C13H10O9. The van der Waals surface area contributed by atoms with Crippen molar-refractivity contribution < 1.29 is 44.0 Å². The minimum absolute atomic E-state index is 0.187. The summed E-state index contributed by atoms with van der Waals surface area (Å²) in [5.74, 6) is -6.47. The fraction of sp³-hybridized carbons (Fsp3) is 0.154. The normalized spacial score (nSPS) is 17.0. The van der Waals surface area contributed by atoms with Gasteiger partial charge in [-0.05, 0) is 23.8 Å². The van der Waals surface area contributed by atoms with Crippen molar-refractivity contribution in [1.29, 1.82) is 0 Å². The van der Waals surface area contributed by atoms with Crippen molar-refractivity contribution in [3.8, 4) is 0 Å². The van der Waals surface area contributed by atoms with E-state index in [-0.39, 0.29) is 5.57 Å². The van der Waals surface area contributed by atoms with Crippen LogP contribution in [0.2, 0.25) is 0 Å². The summed E-state index contributed by atoms with van der Waals surface area (Å²) in [6.45, 7) is 0. The Labute approximate surface area is 122 Å². The standard InChI is InChI=1S/C13H10O9/c14-7-3-1-6(5-8(7)15)2-4-9(16)22-11(13(20)21)10(17)12(18)19/h1-5,10-11,17H,(H,18,19)(H,20,21)/b4-2+/t10-,11-/m1/s1. The molecule has 1 aliphatic rings. The maximum Gasteiger partial charge on any atom is 0.348 e. The van der Waals surface area contributed by atoms with Crippen LogP contribution in [-0.2, 0) is 28.7 Å². The molecule has 0 bridgehead atoms. The van der Waals surface area contributed by atoms with E-state index in [0.717, 1.165) is 24.3 Å². The second-order valence-corrected chi connectivity index (χ2v) is 4.02. The second kappa shape index (κ2) is 7.09. The van der Waals surface area contributed by atoms with Crippen molar-refractivity contribution >= 4 is 29.5 Å². The molecule has 0 aromatic carbocycles. The van der Waals surface area contributed by atoms with Gasteiger partial charge in [0.2, 0.25) is 17.7 Å². The molecule has 0 saturated carbocycles. The van der Waals surface area contributed by atoms with E-state index in [2.05, 4.69) is 4.74 Å². The molecule has 2 atom stereocenters. The summed E-state index contributed by atoms with van der Waals surface area (Å²) in [6, 6.07) is 0. The van der Waals surface area contributed by atoms with Crippen LogP contribution in [0.1, 0.15) is 0 Å². The fourth-order valence-electron chi connectivity index (χ4n) is 1.34. The van der Waals surface area contributed by atoms with Crippen LogP contribution < -0.4 is 0 Å². The summed E-state index contributed by atoms with van der Waals surface area (Å²) in [5.41, 5.74) is 0.187. The average Bonchev–Trinajstić information content (AvgIpc) is 2.44. The number of allylic oxidation sites excluding steroid dienone is 5. The van der Waals surface area contributed by atoms with E-state index in [9.17, 15) is 24.0 Å². The van der Waals surface area contributed by atoms with E-state index >= 15 is 0 Å². The number of aliphatic hydroxyl groups excluding tert-OH is 1. The van der Waals surface area contributed by atoms with Crippen LogP contribution >= 0.6 is 0 Å². The van der Waals surface area contributed by atoms with E-state index in [1.165, 1.54) is 6.08 Å². The summed E-state index contributed by atoms with van der Waals surface area (Å²) in [4.78, 5) is 54.6. The van der Waals surface area contributed by atoms with E-state index in [1.54, 1.807) is 0 Å². The van der Waals surface area contributed by atoms with Crippen LogP contribution in [0.4, 0.5) is 0 Å². The minimum Gasteiger partial charge on any atom is -0.479 e. The van der Waals surface area contributed by atoms with E-state index in [4.69, 9.17) is 15.3 Å². The number of ketones is 2. The summed E-state index contributed by atoms with van der Waals surface area (Å²) in [7, 11) is 0. The smallest absolute Gasteiger partial charge is 0.348 e. The van der Waals surface area contributed by atoms with Gasteiger partial charge in [-0.2, -0.15) is 0 Å². The largest absolute Gasteiger partial charge is 0.479 e. The maximum atomic E-state index is 11.4. The Kier molecular flexibility index (Phi) is 5.47. The fourth-order valence-corrected chi connectivity index (χ4v) is 1.34. The number of rotatable bonds is 6. The second-order valence-electron chi connectivity index (χ2n) is 4.02. The molecular weight excluding hydrogens is 300 g/mol. The highest BCUT2D eigenvalue weighted by atomic mass is 16.6. The SMILES string of the molecule is O=C(/C=C/C1=CC(=O)C(=O)C=C1)O[C@@H](C(=O)O)[C@@H](O)C(=O)O. The topological polar surface area (TPSA) is 155 Å². The zero-order chi connectivity index (χ0) is 16.9. The molecule has 0 aromatic rings.